The quantitative estimate of drug-likeness (QED) is 0.529. The van der Waals surface area contributed by atoms with E-state index in [0.29, 0.717) is 28.2 Å². The summed E-state index contributed by atoms with van der Waals surface area (Å²) in [5.41, 5.74) is 0. The van der Waals surface area contributed by atoms with Crippen LogP contribution in [0.1, 0.15) is 26.7 Å². The lowest BCUT2D eigenvalue weighted by Gasteiger charge is -2.26. The molecule has 1 unspecified atom stereocenters. The first-order chi connectivity index (χ1) is 12.8. The Morgan fingerprint density at radius 2 is 1.89 bits per heavy atom. The molecule has 1 atom stereocenters. The van der Waals surface area contributed by atoms with Crippen LogP contribution in [0.15, 0.2) is 8.68 Å². The second kappa shape index (κ2) is 10.6. The number of amides is 2. The number of nitrogens with zero attached hydrogens (tertiary/aromatic N) is 3. The first kappa shape index (κ1) is 22.4. The lowest BCUT2D eigenvalue weighted by atomic mass is 10.2. The predicted molar refractivity (Wildman–Crippen MR) is 109 cm³/mol. The van der Waals surface area contributed by atoms with E-state index in [2.05, 4.69) is 15.5 Å². The highest BCUT2D eigenvalue weighted by Crippen LogP contribution is 2.29. The standard InChI is InChI=1S/C15H24N4O4S4/c1-3-6-16-12(20)8-24-14-17-18-15(26-14)25-9-13(21)19(4-2)11-5-7-27(22,23)10-11/h11H,3-10H2,1-2H3,(H,16,20). The van der Waals surface area contributed by atoms with Crippen LogP contribution in [0.25, 0.3) is 0 Å². The lowest BCUT2D eigenvalue weighted by molar-refractivity contribution is -0.130. The van der Waals surface area contributed by atoms with E-state index in [4.69, 9.17) is 0 Å². The summed E-state index contributed by atoms with van der Waals surface area (Å²) in [4.78, 5) is 25.7. The molecule has 8 nitrogen and oxygen atoms in total. The Morgan fingerprint density at radius 3 is 2.44 bits per heavy atom. The van der Waals surface area contributed by atoms with Gasteiger partial charge in [-0.2, -0.15) is 0 Å². The molecule has 0 saturated carbocycles. The number of sulfone groups is 1. The SMILES string of the molecule is CCCNC(=O)CSc1nnc(SCC(=O)N(CC)C2CCS(=O)(=O)C2)s1. The van der Waals surface area contributed by atoms with Gasteiger partial charge in [-0.25, -0.2) is 8.42 Å². The third-order valence-electron chi connectivity index (χ3n) is 3.92. The van der Waals surface area contributed by atoms with Gasteiger partial charge in [0.15, 0.2) is 18.5 Å². The molecule has 0 aromatic carbocycles. The highest BCUT2D eigenvalue weighted by atomic mass is 32.2. The summed E-state index contributed by atoms with van der Waals surface area (Å²) in [6.45, 7) is 5.00. The normalized spacial score (nSPS) is 18.4. The molecule has 152 valence electrons. The van der Waals surface area contributed by atoms with E-state index in [9.17, 15) is 18.0 Å². The van der Waals surface area contributed by atoms with Crippen molar-refractivity contribution in [1.82, 2.24) is 20.4 Å². The molecule has 0 aliphatic carbocycles. The molecule has 27 heavy (non-hydrogen) atoms. The molecule has 12 heteroatoms. The Balaban J connectivity index is 1.79. The first-order valence-corrected chi connectivity index (χ1v) is 13.3. The summed E-state index contributed by atoms with van der Waals surface area (Å²) >= 11 is 3.96. The molecule has 1 fully saturated rings. The maximum absolute atomic E-state index is 12.5. The second-order valence-electron chi connectivity index (χ2n) is 6.00. The van der Waals surface area contributed by atoms with Crippen LogP contribution in [0.2, 0.25) is 0 Å². The van der Waals surface area contributed by atoms with Gasteiger partial charge >= 0.3 is 0 Å². The smallest absolute Gasteiger partial charge is 0.233 e. The molecule has 1 aliphatic rings. The van der Waals surface area contributed by atoms with Crippen LogP contribution in [0.4, 0.5) is 0 Å². The van der Waals surface area contributed by atoms with Crippen LogP contribution >= 0.6 is 34.9 Å². The third kappa shape index (κ3) is 7.24. The van der Waals surface area contributed by atoms with Crippen LogP contribution in [0.5, 0.6) is 0 Å². The van der Waals surface area contributed by atoms with Gasteiger partial charge in [-0.15, -0.1) is 10.2 Å². The van der Waals surface area contributed by atoms with Gasteiger partial charge in [-0.05, 0) is 19.8 Å². The average molecular weight is 453 g/mol. The predicted octanol–water partition coefficient (Wildman–Crippen LogP) is 1.28. The number of nitrogens with one attached hydrogen (secondary N) is 1. The van der Waals surface area contributed by atoms with E-state index in [-0.39, 0.29) is 40.9 Å². The molecule has 0 spiro atoms. The highest BCUT2D eigenvalue weighted by molar-refractivity contribution is 8.03. The first-order valence-electron chi connectivity index (χ1n) is 8.70. The van der Waals surface area contributed by atoms with Crippen LogP contribution in [-0.2, 0) is 19.4 Å². The van der Waals surface area contributed by atoms with Crippen molar-refractivity contribution in [1.29, 1.82) is 0 Å². The molecule has 1 aromatic heterocycles. The average Bonchev–Trinajstić information content (AvgIpc) is 3.23. The largest absolute Gasteiger partial charge is 0.355 e. The molecular formula is C15H24N4O4S4. The minimum absolute atomic E-state index is 0.0356. The molecule has 1 aromatic rings. The Labute approximate surface area is 172 Å². The topological polar surface area (TPSA) is 109 Å². The van der Waals surface area contributed by atoms with Crippen molar-refractivity contribution in [2.45, 2.75) is 41.4 Å². The number of thioether (sulfide) groups is 2. The van der Waals surface area contributed by atoms with Gasteiger partial charge in [0.2, 0.25) is 11.8 Å². The summed E-state index contributed by atoms with van der Waals surface area (Å²) in [6.07, 6.45) is 1.40. The molecular weight excluding hydrogens is 428 g/mol. The zero-order chi connectivity index (χ0) is 19.9. The molecule has 1 aliphatic heterocycles. The Bertz CT molecular complexity index is 753. The highest BCUT2D eigenvalue weighted by Gasteiger charge is 2.33. The molecule has 2 amide bonds. The Hall–Kier alpha value is -0.850. The van der Waals surface area contributed by atoms with Crippen molar-refractivity contribution in [2.24, 2.45) is 0 Å². The second-order valence-corrected chi connectivity index (χ2v) is 11.6. The van der Waals surface area contributed by atoms with Gasteiger partial charge in [-0.3, -0.25) is 9.59 Å². The van der Waals surface area contributed by atoms with Crippen molar-refractivity contribution in [3.63, 3.8) is 0 Å². The fraction of sp³-hybridized carbons (Fsp3) is 0.733. The maximum atomic E-state index is 12.5. The summed E-state index contributed by atoms with van der Waals surface area (Å²) < 4.78 is 24.6. The molecule has 2 heterocycles. The van der Waals surface area contributed by atoms with Gasteiger partial charge in [0.25, 0.3) is 0 Å². The minimum atomic E-state index is -3.02. The van der Waals surface area contributed by atoms with Crippen molar-refractivity contribution >= 4 is 56.5 Å². The summed E-state index contributed by atoms with van der Waals surface area (Å²) in [6, 6.07) is -0.227. The lowest BCUT2D eigenvalue weighted by Crippen LogP contribution is -2.41. The fourth-order valence-electron chi connectivity index (χ4n) is 2.62. The number of hydrogen-bond acceptors (Lipinski definition) is 9. The molecule has 2 rings (SSSR count). The molecule has 1 saturated heterocycles. The number of hydrogen-bond donors (Lipinski definition) is 1. The van der Waals surface area contributed by atoms with Crippen molar-refractivity contribution in [3.8, 4) is 0 Å². The number of carbonyl (C=O) groups is 2. The molecule has 0 radical (unpaired) electrons. The van der Waals surface area contributed by atoms with E-state index >= 15 is 0 Å². The van der Waals surface area contributed by atoms with Gasteiger partial charge in [-0.1, -0.05) is 41.8 Å². The Kier molecular flexibility index (Phi) is 8.83. The van der Waals surface area contributed by atoms with Crippen LogP contribution < -0.4 is 5.32 Å². The summed E-state index contributed by atoms with van der Waals surface area (Å²) in [7, 11) is -3.02. The van der Waals surface area contributed by atoms with Crippen LogP contribution in [0, 0.1) is 0 Å². The monoisotopic (exact) mass is 452 g/mol. The zero-order valence-electron chi connectivity index (χ0n) is 15.3. The van der Waals surface area contributed by atoms with Crippen LogP contribution in [0.3, 0.4) is 0 Å². The third-order valence-corrected chi connectivity index (χ3v) is 8.84. The zero-order valence-corrected chi connectivity index (χ0v) is 18.6. The number of aromatic nitrogens is 2. The summed E-state index contributed by atoms with van der Waals surface area (Å²) in [5, 5.41) is 10.9. The van der Waals surface area contributed by atoms with E-state index in [1.807, 2.05) is 13.8 Å². The van der Waals surface area contributed by atoms with Gasteiger partial charge in [0.05, 0.1) is 23.0 Å². The van der Waals surface area contributed by atoms with Crippen molar-refractivity contribution < 1.29 is 18.0 Å². The number of carbonyl (C=O) groups excluding carboxylic acids is 2. The fourth-order valence-corrected chi connectivity index (χ4v) is 7.09. The van der Waals surface area contributed by atoms with E-state index in [1.165, 1.54) is 34.9 Å². The Morgan fingerprint density at radius 1 is 1.22 bits per heavy atom. The van der Waals surface area contributed by atoms with Gasteiger partial charge < -0.3 is 10.2 Å². The maximum Gasteiger partial charge on any atom is 0.233 e. The molecule has 1 N–H and O–H groups in total. The van der Waals surface area contributed by atoms with E-state index in [1.54, 1.807) is 4.90 Å². The number of rotatable bonds is 10. The van der Waals surface area contributed by atoms with E-state index < -0.39 is 9.84 Å². The van der Waals surface area contributed by atoms with E-state index in [0.717, 1.165) is 6.42 Å². The van der Waals surface area contributed by atoms with Gasteiger partial charge in [0, 0.05) is 19.1 Å². The van der Waals surface area contributed by atoms with Gasteiger partial charge in [0.1, 0.15) is 0 Å². The summed E-state index contributed by atoms with van der Waals surface area (Å²) in [5.74, 6) is 0.562. The minimum Gasteiger partial charge on any atom is -0.355 e. The molecule has 0 bridgehead atoms. The van der Waals surface area contributed by atoms with Crippen molar-refractivity contribution in [3.05, 3.63) is 0 Å². The van der Waals surface area contributed by atoms with Crippen LogP contribution in [-0.4, -0.2) is 77.5 Å². The van der Waals surface area contributed by atoms with Crippen molar-refractivity contribution in [2.75, 3.05) is 36.1 Å².